The molecule has 0 saturated heterocycles. The lowest BCUT2D eigenvalue weighted by molar-refractivity contribution is -0.377. The summed E-state index contributed by atoms with van der Waals surface area (Å²) in [5.74, 6) is 0. The van der Waals surface area contributed by atoms with Gasteiger partial charge in [0.25, 0.3) is 0 Å². The fourth-order valence-electron chi connectivity index (χ4n) is 0.545. The highest BCUT2D eigenvalue weighted by Crippen LogP contribution is 2.02. The number of nitriles is 1. The van der Waals surface area contributed by atoms with E-state index in [2.05, 4.69) is 4.98 Å². The van der Waals surface area contributed by atoms with Crippen molar-refractivity contribution in [2.45, 2.75) is 0 Å². The summed E-state index contributed by atoms with van der Waals surface area (Å²) in [7, 11) is 0. The van der Waals surface area contributed by atoms with Crippen molar-refractivity contribution in [2.24, 2.45) is 0 Å². The van der Waals surface area contributed by atoms with Crippen molar-refractivity contribution in [3.8, 4) is 6.07 Å². The summed E-state index contributed by atoms with van der Waals surface area (Å²) in [4.78, 5) is 2.76. The summed E-state index contributed by atoms with van der Waals surface area (Å²) < 4.78 is 0. The van der Waals surface area contributed by atoms with E-state index < -0.39 is 0 Å². The first-order valence-corrected chi connectivity index (χ1v) is 2.50. The largest absolute Gasteiger partial charge is 0.393 e. The molecule has 1 aromatic heterocycles. The Labute approximate surface area is 52.7 Å². The quantitative estimate of drug-likeness (QED) is 0.522. The van der Waals surface area contributed by atoms with Gasteiger partial charge >= 0.3 is 0 Å². The topological polar surface area (TPSA) is 64.0 Å². The molecule has 0 aliphatic heterocycles. The number of hydrogen-bond acceptors (Lipinski definition) is 2. The van der Waals surface area contributed by atoms with Crippen molar-refractivity contribution >= 4 is 5.69 Å². The van der Waals surface area contributed by atoms with Crippen molar-refractivity contribution in [3.05, 3.63) is 24.0 Å². The zero-order valence-corrected chi connectivity index (χ0v) is 4.76. The minimum absolute atomic E-state index is 0.486. The predicted molar refractivity (Wildman–Crippen MR) is 32.1 cm³/mol. The molecule has 3 heteroatoms. The SMILES string of the molecule is N#Cc1cc[nH+]cc1N. The van der Waals surface area contributed by atoms with Gasteiger partial charge in [0.2, 0.25) is 0 Å². The molecule has 3 N–H and O–H groups in total. The average molecular weight is 120 g/mol. The fraction of sp³-hybridized carbons (Fsp3) is 0. The van der Waals surface area contributed by atoms with Crippen LogP contribution >= 0.6 is 0 Å². The summed E-state index contributed by atoms with van der Waals surface area (Å²) in [5.41, 5.74) is 6.37. The van der Waals surface area contributed by atoms with Gasteiger partial charge in [-0.05, 0) is 0 Å². The third-order valence-electron chi connectivity index (χ3n) is 1.02. The molecule has 0 amide bonds. The molecule has 0 saturated carbocycles. The zero-order valence-electron chi connectivity index (χ0n) is 4.76. The van der Waals surface area contributed by atoms with Crippen LogP contribution in [0.2, 0.25) is 0 Å². The molecule has 44 valence electrons. The Morgan fingerprint density at radius 3 is 2.89 bits per heavy atom. The van der Waals surface area contributed by atoms with Gasteiger partial charge in [-0.25, -0.2) is 4.98 Å². The van der Waals surface area contributed by atoms with Crippen LogP contribution in [0.4, 0.5) is 5.69 Å². The van der Waals surface area contributed by atoms with E-state index in [4.69, 9.17) is 11.0 Å². The molecule has 1 heterocycles. The van der Waals surface area contributed by atoms with Crippen molar-refractivity contribution in [1.29, 1.82) is 5.26 Å². The Morgan fingerprint density at radius 1 is 1.67 bits per heavy atom. The van der Waals surface area contributed by atoms with Crippen molar-refractivity contribution in [2.75, 3.05) is 5.73 Å². The minimum atomic E-state index is 0.486. The van der Waals surface area contributed by atoms with Crippen LogP contribution in [0.3, 0.4) is 0 Å². The van der Waals surface area contributed by atoms with Crippen LogP contribution in [0.25, 0.3) is 0 Å². The summed E-state index contributed by atoms with van der Waals surface area (Å²) in [5, 5.41) is 8.37. The number of nitrogens with one attached hydrogen (secondary N) is 1. The van der Waals surface area contributed by atoms with Gasteiger partial charge in [-0.3, -0.25) is 0 Å². The van der Waals surface area contributed by atoms with Crippen LogP contribution in [0, 0.1) is 11.3 Å². The van der Waals surface area contributed by atoms with Crippen molar-refractivity contribution in [3.63, 3.8) is 0 Å². The molecule has 1 aromatic rings. The highest BCUT2D eigenvalue weighted by Gasteiger charge is 1.96. The molecule has 9 heavy (non-hydrogen) atoms. The van der Waals surface area contributed by atoms with Crippen LogP contribution in [-0.2, 0) is 0 Å². The van der Waals surface area contributed by atoms with Gasteiger partial charge in [0.1, 0.15) is 11.8 Å². The Bertz CT molecular complexity index is 249. The Morgan fingerprint density at radius 2 is 2.44 bits per heavy atom. The number of nitrogens with two attached hydrogens (primary N) is 1. The number of nitrogens with zero attached hydrogens (tertiary/aromatic N) is 1. The van der Waals surface area contributed by atoms with Gasteiger partial charge in [0.15, 0.2) is 12.4 Å². The molecule has 0 unspecified atom stereocenters. The zero-order chi connectivity index (χ0) is 6.69. The number of pyridine rings is 1. The van der Waals surface area contributed by atoms with E-state index in [1.54, 1.807) is 18.5 Å². The summed E-state index contributed by atoms with van der Waals surface area (Å²) in [6, 6.07) is 3.58. The van der Waals surface area contributed by atoms with Crippen LogP contribution in [0.1, 0.15) is 5.56 Å². The summed E-state index contributed by atoms with van der Waals surface area (Å²) >= 11 is 0. The maximum Gasteiger partial charge on any atom is 0.191 e. The minimum Gasteiger partial charge on any atom is -0.393 e. The van der Waals surface area contributed by atoms with E-state index in [9.17, 15) is 0 Å². The number of nitrogen functional groups attached to an aromatic ring is 1. The third-order valence-corrected chi connectivity index (χ3v) is 1.02. The van der Waals surface area contributed by atoms with E-state index >= 15 is 0 Å². The summed E-state index contributed by atoms with van der Waals surface area (Å²) in [6.45, 7) is 0. The van der Waals surface area contributed by atoms with Crippen molar-refractivity contribution < 1.29 is 4.98 Å². The summed E-state index contributed by atoms with van der Waals surface area (Å²) in [6.07, 6.45) is 3.24. The fourth-order valence-corrected chi connectivity index (χ4v) is 0.545. The van der Waals surface area contributed by atoms with Crippen molar-refractivity contribution in [1.82, 2.24) is 0 Å². The van der Waals surface area contributed by atoms with Crippen LogP contribution in [0.15, 0.2) is 18.5 Å². The monoisotopic (exact) mass is 120 g/mol. The molecule has 0 radical (unpaired) electrons. The second-order valence-electron chi connectivity index (χ2n) is 1.63. The standard InChI is InChI=1S/C6H5N3/c7-3-5-1-2-9-4-6(5)8/h1-2,4H,8H2/p+1. The van der Waals surface area contributed by atoms with E-state index in [1.807, 2.05) is 6.07 Å². The lowest BCUT2D eigenvalue weighted by Gasteiger charge is -1.86. The molecular weight excluding hydrogens is 114 g/mol. The van der Waals surface area contributed by atoms with Gasteiger partial charge in [-0.15, -0.1) is 0 Å². The van der Waals surface area contributed by atoms with E-state index in [0.717, 1.165) is 0 Å². The molecule has 3 nitrogen and oxygen atoms in total. The number of anilines is 1. The Balaban J connectivity index is 3.20. The van der Waals surface area contributed by atoms with Crippen LogP contribution in [0.5, 0.6) is 0 Å². The van der Waals surface area contributed by atoms with E-state index in [1.165, 1.54) is 0 Å². The average Bonchev–Trinajstić information content (AvgIpc) is 1.89. The number of aromatic amines is 1. The maximum absolute atomic E-state index is 8.37. The van der Waals surface area contributed by atoms with E-state index in [-0.39, 0.29) is 0 Å². The molecule has 1 rings (SSSR count). The second-order valence-corrected chi connectivity index (χ2v) is 1.63. The molecule has 0 aliphatic carbocycles. The van der Waals surface area contributed by atoms with Crippen LogP contribution < -0.4 is 10.7 Å². The number of rotatable bonds is 0. The second kappa shape index (κ2) is 2.14. The molecule has 0 atom stereocenters. The van der Waals surface area contributed by atoms with Gasteiger partial charge in [0.05, 0.1) is 5.56 Å². The molecule has 0 aliphatic rings. The predicted octanol–water partition coefficient (Wildman–Crippen LogP) is -0.0454. The lowest BCUT2D eigenvalue weighted by atomic mass is 10.2. The number of H-pyrrole nitrogens is 1. The van der Waals surface area contributed by atoms with Crippen LogP contribution in [-0.4, -0.2) is 0 Å². The molecule has 0 spiro atoms. The molecule has 0 aromatic carbocycles. The molecule has 0 bridgehead atoms. The molecule has 0 fully saturated rings. The third kappa shape index (κ3) is 0.970. The normalized spacial score (nSPS) is 8.33. The smallest absolute Gasteiger partial charge is 0.191 e. The highest BCUT2D eigenvalue weighted by molar-refractivity contribution is 5.49. The first-order valence-electron chi connectivity index (χ1n) is 2.50. The van der Waals surface area contributed by atoms with Gasteiger partial charge in [0, 0.05) is 6.07 Å². The van der Waals surface area contributed by atoms with E-state index in [0.29, 0.717) is 11.3 Å². The first-order chi connectivity index (χ1) is 4.34. The molecular formula is C6H6N3+. The number of hydrogen-bond donors (Lipinski definition) is 1. The Kier molecular flexibility index (Phi) is 1.32. The lowest BCUT2D eigenvalue weighted by Crippen LogP contribution is -2.02. The van der Waals surface area contributed by atoms with Gasteiger partial charge in [-0.1, -0.05) is 0 Å². The van der Waals surface area contributed by atoms with Gasteiger partial charge < -0.3 is 5.73 Å². The Hall–Kier alpha value is -1.56. The highest BCUT2D eigenvalue weighted by atomic mass is 14.7. The van der Waals surface area contributed by atoms with Gasteiger partial charge in [-0.2, -0.15) is 5.26 Å². The maximum atomic E-state index is 8.37. The first kappa shape index (κ1) is 5.57. The number of aromatic nitrogens is 1.